The molecule has 2 aliphatic rings. The first-order valence-corrected chi connectivity index (χ1v) is 11.6. The maximum absolute atomic E-state index is 13.1. The summed E-state index contributed by atoms with van der Waals surface area (Å²) < 4.78 is 16.1. The van der Waals surface area contributed by atoms with Crippen molar-refractivity contribution in [3.8, 4) is 11.5 Å². The number of rotatable bonds is 8. The number of hydrogen-bond acceptors (Lipinski definition) is 8. The molecule has 1 fully saturated rings. The minimum atomic E-state index is -0.688. The molecule has 1 aromatic carbocycles. The van der Waals surface area contributed by atoms with Crippen LogP contribution in [0.15, 0.2) is 53.9 Å². The van der Waals surface area contributed by atoms with Crippen LogP contribution < -0.4 is 25.0 Å². The Bertz CT molecular complexity index is 1080. The van der Waals surface area contributed by atoms with Gasteiger partial charge in [-0.15, -0.1) is 0 Å². The van der Waals surface area contributed by atoms with Gasteiger partial charge in [0.25, 0.3) is 0 Å². The topological polar surface area (TPSA) is 105 Å². The number of carbonyl (C=O) groups is 2. The van der Waals surface area contributed by atoms with Crippen molar-refractivity contribution < 1.29 is 23.8 Å². The lowest BCUT2D eigenvalue weighted by molar-refractivity contribution is -0.139. The third-order valence-corrected chi connectivity index (χ3v) is 6.12. The average molecular weight is 482 g/mol. The summed E-state index contributed by atoms with van der Waals surface area (Å²) >= 11 is 0. The van der Waals surface area contributed by atoms with Crippen LogP contribution in [0.25, 0.3) is 0 Å². The Morgan fingerprint density at radius 1 is 1.09 bits per heavy atom. The van der Waals surface area contributed by atoms with Crippen LogP contribution in [-0.4, -0.2) is 75.4 Å². The molecule has 0 aliphatic carbocycles. The van der Waals surface area contributed by atoms with Gasteiger partial charge in [-0.2, -0.15) is 0 Å². The summed E-state index contributed by atoms with van der Waals surface area (Å²) in [5.41, 5.74) is 1.61. The molecule has 4 rings (SSSR count). The zero-order valence-corrected chi connectivity index (χ0v) is 20.2. The molecule has 10 heteroatoms. The van der Waals surface area contributed by atoms with E-state index in [-0.39, 0.29) is 12.6 Å². The number of urea groups is 1. The molecule has 2 amide bonds. The van der Waals surface area contributed by atoms with E-state index in [9.17, 15) is 9.59 Å². The first-order valence-electron chi connectivity index (χ1n) is 11.6. The molecule has 186 valence electrons. The minimum absolute atomic E-state index is 0.227. The normalized spacial score (nSPS) is 18.5. The number of pyridine rings is 1. The van der Waals surface area contributed by atoms with Crippen molar-refractivity contribution in [1.29, 1.82) is 0 Å². The number of carbonyl (C=O) groups excluding carboxylic acids is 2. The molecule has 2 N–H and O–H groups in total. The van der Waals surface area contributed by atoms with E-state index in [2.05, 4.69) is 25.4 Å². The molecule has 1 saturated heterocycles. The van der Waals surface area contributed by atoms with Crippen molar-refractivity contribution in [3.05, 3.63) is 59.4 Å². The van der Waals surface area contributed by atoms with Gasteiger partial charge in [-0.05, 0) is 36.8 Å². The lowest BCUT2D eigenvalue weighted by Crippen LogP contribution is -2.52. The summed E-state index contributed by atoms with van der Waals surface area (Å²) in [6.07, 6.45) is 1.79. The van der Waals surface area contributed by atoms with Crippen molar-refractivity contribution in [2.24, 2.45) is 0 Å². The lowest BCUT2D eigenvalue weighted by atomic mass is 9.94. The number of nitrogens with one attached hydrogen (secondary N) is 2. The number of amides is 2. The van der Waals surface area contributed by atoms with Gasteiger partial charge in [0, 0.05) is 44.6 Å². The van der Waals surface area contributed by atoms with Gasteiger partial charge < -0.3 is 29.7 Å². The Balaban J connectivity index is 1.60. The number of aromatic nitrogens is 1. The highest BCUT2D eigenvalue weighted by molar-refractivity contribution is 5.95. The standard InChI is InChI=1S/C25H31N5O5/c1-4-35-24(31)22-18(16-29-11-13-30(14-12-29)21-7-5-6-10-26-21)27-25(32)28-23(22)17-8-9-19(33-2)20(15-17)34-3/h5-10,15,23H,4,11-14,16H2,1-3H3,(H2,27,28,32)/t23-/m0/s1. The highest BCUT2D eigenvalue weighted by Gasteiger charge is 2.35. The van der Waals surface area contributed by atoms with Gasteiger partial charge >= 0.3 is 12.0 Å². The predicted octanol–water partition coefficient (Wildman–Crippen LogP) is 2.09. The van der Waals surface area contributed by atoms with Crippen LogP contribution in [0.1, 0.15) is 18.5 Å². The second-order valence-electron chi connectivity index (χ2n) is 8.21. The number of hydrogen-bond donors (Lipinski definition) is 2. The molecule has 0 saturated carbocycles. The molecular weight excluding hydrogens is 450 g/mol. The molecule has 1 atom stereocenters. The van der Waals surface area contributed by atoms with E-state index in [0.717, 1.165) is 32.0 Å². The number of piperazine rings is 1. The Morgan fingerprint density at radius 2 is 1.86 bits per heavy atom. The van der Waals surface area contributed by atoms with Gasteiger partial charge in [-0.1, -0.05) is 12.1 Å². The van der Waals surface area contributed by atoms with E-state index in [1.54, 1.807) is 45.5 Å². The van der Waals surface area contributed by atoms with Gasteiger partial charge in [-0.3, -0.25) is 4.90 Å². The Kier molecular flexibility index (Phi) is 7.71. The first-order chi connectivity index (χ1) is 17.0. The molecule has 0 bridgehead atoms. The predicted molar refractivity (Wildman–Crippen MR) is 131 cm³/mol. The molecule has 0 radical (unpaired) electrons. The van der Waals surface area contributed by atoms with Crippen LogP contribution in [0.5, 0.6) is 11.5 Å². The van der Waals surface area contributed by atoms with Crippen LogP contribution in [0.3, 0.4) is 0 Å². The maximum Gasteiger partial charge on any atom is 0.338 e. The Labute approximate surface area is 204 Å². The largest absolute Gasteiger partial charge is 0.493 e. The fourth-order valence-corrected chi connectivity index (χ4v) is 4.37. The fourth-order valence-electron chi connectivity index (χ4n) is 4.37. The number of anilines is 1. The zero-order valence-electron chi connectivity index (χ0n) is 20.2. The molecule has 10 nitrogen and oxygen atoms in total. The number of methoxy groups -OCH3 is 2. The van der Waals surface area contributed by atoms with E-state index in [1.165, 1.54) is 0 Å². The molecular formula is C25H31N5O5. The maximum atomic E-state index is 13.1. The fraction of sp³-hybridized carbons (Fsp3) is 0.400. The lowest BCUT2D eigenvalue weighted by Gasteiger charge is -2.37. The van der Waals surface area contributed by atoms with E-state index in [1.807, 2.05) is 18.2 Å². The molecule has 0 spiro atoms. The van der Waals surface area contributed by atoms with E-state index in [0.29, 0.717) is 34.9 Å². The summed E-state index contributed by atoms with van der Waals surface area (Å²) in [5.74, 6) is 1.54. The van der Waals surface area contributed by atoms with E-state index in [4.69, 9.17) is 14.2 Å². The first kappa shape index (κ1) is 24.3. The number of benzene rings is 1. The minimum Gasteiger partial charge on any atom is -0.493 e. The third kappa shape index (κ3) is 5.48. The van der Waals surface area contributed by atoms with Gasteiger partial charge in [0.05, 0.1) is 32.4 Å². The van der Waals surface area contributed by atoms with Gasteiger partial charge in [0.1, 0.15) is 5.82 Å². The molecule has 1 aromatic heterocycles. The van der Waals surface area contributed by atoms with Crippen LogP contribution in [0.4, 0.5) is 10.6 Å². The summed E-state index contributed by atoms with van der Waals surface area (Å²) in [6, 6.07) is 10.1. The SMILES string of the molecule is CCOC(=O)C1=C(CN2CCN(c3ccccn3)CC2)NC(=O)N[C@H]1c1ccc(OC)c(OC)c1. The average Bonchev–Trinajstić information content (AvgIpc) is 2.89. The third-order valence-electron chi connectivity index (χ3n) is 6.12. The Morgan fingerprint density at radius 3 is 2.51 bits per heavy atom. The van der Waals surface area contributed by atoms with Crippen molar-refractivity contribution in [2.45, 2.75) is 13.0 Å². The smallest absolute Gasteiger partial charge is 0.338 e. The van der Waals surface area contributed by atoms with Crippen LogP contribution in [-0.2, 0) is 9.53 Å². The van der Waals surface area contributed by atoms with Gasteiger partial charge in [-0.25, -0.2) is 14.6 Å². The zero-order chi connectivity index (χ0) is 24.8. The Hall–Kier alpha value is -3.79. The quantitative estimate of drug-likeness (QED) is 0.553. The molecule has 2 aliphatic heterocycles. The molecule has 2 aromatic rings. The number of nitrogens with zero attached hydrogens (tertiary/aromatic N) is 3. The number of esters is 1. The molecule has 35 heavy (non-hydrogen) atoms. The van der Waals surface area contributed by atoms with Crippen LogP contribution >= 0.6 is 0 Å². The number of ether oxygens (including phenoxy) is 3. The summed E-state index contributed by atoms with van der Waals surface area (Å²) in [7, 11) is 3.10. The summed E-state index contributed by atoms with van der Waals surface area (Å²) in [6.45, 7) is 5.53. The molecule has 3 heterocycles. The summed E-state index contributed by atoms with van der Waals surface area (Å²) in [4.78, 5) is 34.6. The van der Waals surface area contributed by atoms with Gasteiger partial charge in [0.2, 0.25) is 0 Å². The summed E-state index contributed by atoms with van der Waals surface area (Å²) in [5, 5.41) is 5.72. The van der Waals surface area contributed by atoms with Crippen LogP contribution in [0, 0.1) is 0 Å². The van der Waals surface area contributed by atoms with E-state index >= 15 is 0 Å². The van der Waals surface area contributed by atoms with Crippen LogP contribution in [0.2, 0.25) is 0 Å². The van der Waals surface area contributed by atoms with E-state index < -0.39 is 12.0 Å². The van der Waals surface area contributed by atoms with Crippen molar-refractivity contribution in [2.75, 3.05) is 58.5 Å². The van der Waals surface area contributed by atoms with Crippen molar-refractivity contribution in [3.63, 3.8) is 0 Å². The second kappa shape index (κ2) is 11.1. The molecule has 0 unspecified atom stereocenters. The highest BCUT2D eigenvalue weighted by atomic mass is 16.5. The second-order valence-corrected chi connectivity index (χ2v) is 8.21. The van der Waals surface area contributed by atoms with Gasteiger partial charge in [0.15, 0.2) is 11.5 Å². The highest BCUT2D eigenvalue weighted by Crippen LogP contribution is 2.34. The van der Waals surface area contributed by atoms with Crippen molar-refractivity contribution in [1.82, 2.24) is 20.5 Å². The van der Waals surface area contributed by atoms with Crippen molar-refractivity contribution >= 4 is 17.8 Å². The monoisotopic (exact) mass is 481 g/mol.